The smallest absolute Gasteiger partial charge is 0.185 e. The molecule has 0 bridgehead atoms. The molecule has 1 fully saturated rings. The van der Waals surface area contributed by atoms with E-state index >= 15 is 0 Å². The number of imidazole rings is 1. The summed E-state index contributed by atoms with van der Waals surface area (Å²) in [6, 6.07) is 22.3. The van der Waals surface area contributed by atoms with Gasteiger partial charge in [0.2, 0.25) is 0 Å². The van der Waals surface area contributed by atoms with Crippen molar-refractivity contribution in [1.82, 2.24) is 34.6 Å². The minimum atomic E-state index is -0.351. The number of rotatable bonds is 10. The van der Waals surface area contributed by atoms with Crippen LogP contribution in [0.1, 0.15) is 37.3 Å². The fourth-order valence-electron chi connectivity index (χ4n) is 5.38. The maximum Gasteiger partial charge on any atom is 0.185 e. The first-order valence-electron chi connectivity index (χ1n) is 15.2. The van der Waals surface area contributed by atoms with Gasteiger partial charge in [-0.25, -0.2) is 14.2 Å². The van der Waals surface area contributed by atoms with Crippen LogP contribution in [-0.2, 0) is 16.0 Å². The molecule has 0 saturated carbocycles. The first-order chi connectivity index (χ1) is 22.4. The van der Waals surface area contributed by atoms with Gasteiger partial charge in [-0.15, -0.1) is 10.2 Å². The maximum atomic E-state index is 5.61. The van der Waals surface area contributed by atoms with Crippen LogP contribution < -0.4 is 15.0 Å². The fraction of sp³-hybridized carbons (Fsp3) is 0.265. The summed E-state index contributed by atoms with van der Waals surface area (Å²) in [5.74, 6) is 1.47. The number of benzene rings is 2. The minimum Gasteiger partial charge on any atom is -0.497 e. The van der Waals surface area contributed by atoms with Crippen molar-refractivity contribution in [2.24, 2.45) is 0 Å². The van der Waals surface area contributed by atoms with E-state index in [0.29, 0.717) is 36.9 Å². The van der Waals surface area contributed by atoms with E-state index in [1.54, 1.807) is 13.3 Å². The molecule has 1 N–H and O–H groups in total. The van der Waals surface area contributed by atoms with Crippen molar-refractivity contribution in [3.63, 3.8) is 0 Å². The van der Waals surface area contributed by atoms with Gasteiger partial charge in [0.15, 0.2) is 17.8 Å². The van der Waals surface area contributed by atoms with Crippen LogP contribution in [0.15, 0.2) is 85.3 Å². The Kier molecular flexibility index (Phi) is 8.04. The third-order valence-corrected chi connectivity index (χ3v) is 7.85. The lowest BCUT2D eigenvalue weighted by atomic mass is 10.1. The Morgan fingerprint density at radius 1 is 0.978 bits per heavy atom. The van der Waals surface area contributed by atoms with Gasteiger partial charge in [-0.05, 0) is 49.7 Å². The van der Waals surface area contributed by atoms with Crippen LogP contribution in [0.5, 0.6) is 5.75 Å². The molecule has 4 aromatic heterocycles. The van der Waals surface area contributed by atoms with Crippen molar-refractivity contribution in [1.29, 1.82) is 0 Å². The molecule has 1 aliphatic rings. The van der Waals surface area contributed by atoms with E-state index in [1.807, 2.05) is 77.2 Å². The molecule has 12 nitrogen and oxygen atoms in total. The lowest BCUT2D eigenvalue weighted by molar-refractivity contribution is -0.0443. The van der Waals surface area contributed by atoms with Crippen LogP contribution in [-0.4, -0.2) is 61.9 Å². The second-order valence-electron chi connectivity index (χ2n) is 11.4. The van der Waals surface area contributed by atoms with Crippen LogP contribution in [0.25, 0.3) is 28.3 Å². The number of hydrogen-bond acceptors (Lipinski definition) is 10. The quantitative estimate of drug-likeness (QED) is 0.194. The summed E-state index contributed by atoms with van der Waals surface area (Å²) < 4.78 is 20.2. The van der Waals surface area contributed by atoms with Crippen molar-refractivity contribution >= 4 is 22.8 Å². The number of nitrogens with zero attached hydrogens (tertiary/aromatic N) is 8. The van der Waals surface area contributed by atoms with Crippen molar-refractivity contribution in [2.45, 2.75) is 32.7 Å². The number of aromatic nitrogens is 7. The van der Waals surface area contributed by atoms with Gasteiger partial charge in [0, 0.05) is 48.7 Å². The number of nitrogens with one attached hydrogen (secondary N) is 1. The maximum absolute atomic E-state index is 5.61. The zero-order valence-corrected chi connectivity index (χ0v) is 26.2. The zero-order valence-electron chi connectivity index (χ0n) is 26.2. The molecule has 0 radical (unpaired) electrons. The second-order valence-corrected chi connectivity index (χ2v) is 11.4. The van der Waals surface area contributed by atoms with Crippen LogP contribution in [0.2, 0.25) is 0 Å². The molecule has 12 heteroatoms. The minimum absolute atomic E-state index is 0.180. The molecule has 1 saturated heterocycles. The second kappa shape index (κ2) is 12.6. The van der Waals surface area contributed by atoms with Gasteiger partial charge in [-0.3, -0.25) is 4.98 Å². The highest BCUT2D eigenvalue weighted by atomic mass is 16.7. The van der Waals surface area contributed by atoms with Gasteiger partial charge >= 0.3 is 0 Å². The number of fused-ring (bicyclic) bond motifs is 1. The Bertz CT molecular complexity index is 1950. The number of ether oxygens (including phenoxy) is 3. The molecule has 0 unspecified atom stereocenters. The van der Waals surface area contributed by atoms with Gasteiger partial charge in [-0.1, -0.05) is 35.5 Å². The molecule has 2 aromatic carbocycles. The Labute approximate surface area is 266 Å². The summed E-state index contributed by atoms with van der Waals surface area (Å²) in [4.78, 5) is 11.6. The summed E-state index contributed by atoms with van der Waals surface area (Å²) >= 11 is 0. The number of pyridine rings is 1. The van der Waals surface area contributed by atoms with Crippen molar-refractivity contribution in [3.8, 4) is 28.4 Å². The molecule has 0 aliphatic carbocycles. The van der Waals surface area contributed by atoms with Crippen LogP contribution in [0.4, 0.5) is 17.2 Å². The first-order valence-corrected chi connectivity index (χ1v) is 15.2. The van der Waals surface area contributed by atoms with Crippen molar-refractivity contribution < 1.29 is 14.2 Å². The van der Waals surface area contributed by atoms with Crippen LogP contribution >= 0.6 is 0 Å². The summed E-state index contributed by atoms with van der Waals surface area (Å²) in [6.07, 6.45) is 5.17. The van der Waals surface area contributed by atoms with Gasteiger partial charge < -0.3 is 24.4 Å². The highest BCUT2D eigenvalue weighted by molar-refractivity contribution is 5.77. The molecule has 5 heterocycles. The fourth-order valence-corrected chi connectivity index (χ4v) is 5.38. The van der Waals surface area contributed by atoms with E-state index in [-0.39, 0.29) is 12.3 Å². The van der Waals surface area contributed by atoms with Gasteiger partial charge in [0.05, 0.1) is 44.1 Å². The molecule has 7 rings (SSSR count). The molecule has 234 valence electrons. The molecular weight excluding hydrogens is 582 g/mol. The van der Waals surface area contributed by atoms with E-state index < -0.39 is 0 Å². The molecule has 6 aromatic rings. The highest BCUT2D eigenvalue weighted by Crippen LogP contribution is 2.31. The number of anilines is 3. The van der Waals surface area contributed by atoms with Gasteiger partial charge in [0.25, 0.3) is 0 Å². The Hall–Kier alpha value is -5.33. The standard InChI is InChI=1S/C34H35N9O3/c1-22(2)42-21-29(38-40-42)31-19-36-33-30(41(3)20-23-8-11-27(44-4)12-9-23)17-32(39-43(31)33)37-26-7-5-6-24(16-26)28-13-10-25(18-35-28)34-45-14-15-46-34/h5-13,16-19,21-22,34H,14-15,20H2,1-4H3,(H,37,39). The summed E-state index contributed by atoms with van der Waals surface area (Å²) in [7, 11) is 3.72. The molecular formula is C34H35N9O3. The Morgan fingerprint density at radius 2 is 1.80 bits per heavy atom. The predicted octanol–water partition coefficient (Wildman–Crippen LogP) is 6.06. The molecule has 0 spiro atoms. The van der Waals surface area contributed by atoms with E-state index in [0.717, 1.165) is 45.2 Å². The summed E-state index contributed by atoms with van der Waals surface area (Å²) in [6.45, 7) is 5.98. The monoisotopic (exact) mass is 617 g/mol. The normalized spacial score (nSPS) is 13.5. The highest BCUT2D eigenvalue weighted by Gasteiger charge is 2.20. The van der Waals surface area contributed by atoms with E-state index in [4.69, 9.17) is 24.3 Å². The molecule has 46 heavy (non-hydrogen) atoms. The molecule has 0 amide bonds. The third-order valence-electron chi connectivity index (χ3n) is 7.85. The van der Waals surface area contributed by atoms with Crippen molar-refractivity contribution in [3.05, 3.63) is 96.4 Å². The SMILES string of the molecule is COc1ccc(CN(C)c2cc(Nc3cccc(-c4ccc(C5OCCO5)cn4)c3)nn3c(-c4cn(C(C)C)nn4)cnc23)cc1. The van der Waals surface area contributed by atoms with Crippen LogP contribution in [0.3, 0.4) is 0 Å². The van der Waals surface area contributed by atoms with Crippen molar-refractivity contribution in [2.75, 3.05) is 37.6 Å². The summed E-state index contributed by atoms with van der Waals surface area (Å²) in [5.41, 5.74) is 7.78. The third kappa shape index (κ3) is 6.00. The van der Waals surface area contributed by atoms with Crippen LogP contribution in [0, 0.1) is 0 Å². The number of hydrogen-bond donors (Lipinski definition) is 1. The topological polar surface area (TPSA) is 117 Å². The predicted molar refractivity (Wildman–Crippen MR) is 175 cm³/mol. The average Bonchev–Trinajstić information content (AvgIpc) is 3.87. The lowest BCUT2D eigenvalue weighted by Crippen LogP contribution is -2.18. The Balaban J connectivity index is 1.22. The first kappa shape index (κ1) is 29.4. The van der Waals surface area contributed by atoms with E-state index in [1.165, 1.54) is 0 Å². The molecule has 1 aliphatic heterocycles. The lowest BCUT2D eigenvalue weighted by Gasteiger charge is -2.21. The largest absolute Gasteiger partial charge is 0.497 e. The Morgan fingerprint density at radius 3 is 2.52 bits per heavy atom. The zero-order chi connectivity index (χ0) is 31.6. The average molecular weight is 618 g/mol. The van der Waals surface area contributed by atoms with Gasteiger partial charge in [0.1, 0.15) is 17.1 Å². The van der Waals surface area contributed by atoms with E-state index in [2.05, 4.69) is 57.6 Å². The van der Waals surface area contributed by atoms with E-state index in [9.17, 15) is 0 Å². The summed E-state index contributed by atoms with van der Waals surface area (Å²) in [5, 5.41) is 17.2. The molecule has 0 atom stereocenters. The van der Waals surface area contributed by atoms with Gasteiger partial charge in [-0.2, -0.15) is 0 Å². The number of methoxy groups -OCH3 is 1.